The molecule has 0 bridgehead atoms. The van der Waals surface area contributed by atoms with Crippen LogP contribution in [-0.2, 0) is 20.9 Å². The van der Waals surface area contributed by atoms with Crippen molar-refractivity contribution in [3.63, 3.8) is 0 Å². The first-order valence-electron chi connectivity index (χ1n) is 15.7. The van der Waals surface area contributed by atoms with Crippen molar-refractivity contribution in [1.82, 2.24) is 14.9 Å². The van der Waals surface area contributed by atoms with Crippen LogP contribution < -0.4 is 20.1 Å². The Labute approximate surface area is 275 Å². The number of ether oxygens (including phenoxy) is 4. The molecule has 1 aliphatic heterocycles. The lowest BCUT2D eigenvalue weighted by Gasteiger charge is -2.27. The first-order valence-corrected chi connectivity index (χ1v) is 15.7. The average Bonchev–Trinajstić information content (AvgIpc) is 3.08. The summed E-state index contributed by atoms with van der Waals surface area (Å²) < 4.78 is 22.5. The number of amides is 1. The molecule has 0 spiro atoms. The summed E-state index contributed by atoms with van der Waals surface area (Å²) >= 11 is 0. The Morgan fingerprint density at radius 3 is 2.66 bits per heavy atom. The lowest BCUT2D eigenvalue weighted by molar-refractivity contribution is -0.112. The molecule has 2 aromatic heterocycles. The van der Waals surface area contributed by atoms with E-state index < -0.39 is 0 Å². The quantitative estimate of drug-likeness (QED) is 0.0949. The fourth-order valence-corrected chi connectivity index (χ4v) is 5.30. The van der Waals surface area contributed by atoms with Gasteiger partial charge < -0.3 is 34.5 Å². The van der Waals surface area contributed by atoms with Gasteiger partial charge >= 0.3 is 0 Å². The van der Waals surface area contributed by atoms with Crippen LogP contribution in [0.2, 0.25) is 0 Å². The molecule has 244 valence electrons. The molecule has 0 atom stereocenters. The number of piperidine rings is 1. The van der Waals surface area contributed by atoms with Crippen molar-refractivity contribution in [2.45, 2.75) is 33.3 Å². The topological polar surface area (TPSA) is 131 Å². The molecule has 47 heavy (non-hydrogen) atoms. The SMILES string of the molecule is CCOCOc1cc2ncc(C#N)c(Nc3ccc(OCc4ccccn4)c(C)c3)c2cc1NC(=O)C=C1CCN(CCOC)CC1. The van der Waals surface area contributed by atoms with Crippen LogP contribution in [-0.4, -0.2) is 67.5 Å². The fraction of sp³-hybridized carbons (Fsp3) is 0.333. The monoisotopic (exact) mass is 636 g/mol. The number of hydrogen-bond donors (Lipinski definition) is 2. The molecule has 1 amide bonds. The molecule has 0 radical (unpaired) electrons. The Kier molecular flexibility index (Phi) is 11.7. The first-order chi connectivity index (χ1) is 23.0. The van der Waals surface area contributed by atoms with Crippen LogP contribution in [0.15, 0.2) is 72.6 Å². The van der Waals surface area contributed by atoms with Gasteiger partial charge in [0.15, 0.2) is 6.79 Å². The number of likely N-dealkylation sites (tertiary alicyclic amines) is 1. The van der Waals surface area contributed by atoms with Gasteiger partial charge in [0, 0.05) is 69.0 Å². The number of aromatic nitrogens is 2. The highest BCUT2D eigenvalue weighted by Gasteiger charge is 2.18. The Bertz CT molecular complexity index is 1740. The summed E-state index contributed by atoms with van der Waals surface area (Å²) in [6.45, 7) is 8.03. The van der Waals surface area contributed by atoms with Gasteiger partial charge in [0.1, 0.15) is 24.2 Å². The standard InChI is InChI=1S/C36H40N6O5/c1-4-45-24-47-34-20-31-30(19-32(34)41-35(43)18-26-10-13-42(14-11-26)15-16-44-3)36(27(21-37)22-39-31)40-28-8-9-33(25(2)17-28)46-23-29-7-5-6-12-38-29/h5-9,12,17-20,22H,4,10-11,13-16,23-24H2,1-3H3,(H,39,40)(H,41,43). The maximum absolute atomic E-state index is 13.3. The molecule has 1 fully saturated rings. The van der Waals surface area contributed by atoms with Crippen LogP contribution in [0.5, 0.6) is 11.5 Å². The largest absolute Gasteiger partial charge is 0.487 e. The normalized spacial score (nSPS) is 13.2. The molecular formula is C36H40N6O5. The summed E-state index contributed by atoms with van der Waals surface area (Å²) in [5.41, 5.74) is 5.56. The molecule has 1 aliphatic rings. The number of benzene rings is 2. The van der Waals surface area contributed by atoms with Crippen LogP contribution in [0.4, 0.5) is 17.1 Å². The number of fused-ring (bicyclic) bond motifs is 1. The summed E-state index contributed by atoms with van der Waals surface area (Å²) in [6.07, 6.45) is 6.57. The number of methoxy groups -OCH3 is 1. The van der Waals surface area contributed by atoms with E-state index in [1.165, 1.54) is 6.20 Å². The van der Waals surface area contributed by atoms with Gasteiger partial charge in [-0.1, -0.05) is 11.6 Å². The Balaban J connectivity index is 1.40. The van der Waals surface area contributed by atoms with Gasteiger partial charge in [-0.3, -0.25) is 14.8 Å². The minimum Gasteiger partial charge on any atom is -0.487 e. The van der Waals surface area contributed by atoms with Gasteiger partial charge in [-0.05, 0) is 68.7 Å². The Hall–Kier alpha value is -5.02. The molecule has 0 unspecified atom stereocenters. The molecule has 1 saturated heterocycles. The number of pyridine rings is 2. The van der Waals surface area contributed by atoms with Gasteiger partial charge in [0.25, 0.3) is 0 Å². The van der Waals surface area contributed by atoms with Crippen molar-refractivity contribution in [2.75, 3.05) is 57.4 Å². The summed E-state index contributed by atoms with van der Waals surface area (Å²) in [6, 6.07) is 17.2. The molecule has 2 aromatic carbocycles. The smallest absolute Gasteiger partial charge is 0.248 e. The van der Waals surface area contributed by atoms with E-state index in [9.17, 15) is 10.1 Å². The van der Waals surface area contributed by atoms with E-state index in [0.29, 0.717) is 53.4 Å². The highest BCUT2D eigenvalue weighted by molar-refractivity contribution is 6.05. The van der Waals surface area contributed by atoms with E-state index in [1.807, 2.05) is 50.2 Å². The van der Waals surface area contributed by atoms with E-state index >= 15 is 0 Å². The summed E-state index contributed by atoms with van der Waals surface area (Å²) in [4.78, 5) is 24.4. The second kappa shape index (κ2) is 16.5. The number of nitriles is 1. The van der Waals surface area contributed by atoms with Gasteiger partial charge in [0.2, 0.25) is 5.91 Å². The van der Waals surface area contributed by atoms with Gasteiger partial charge in [0.05, 0.1) is 34.8 Å². The Morgan fingerprint density at radius 2 is 1.94 bits per heavy atom. The van der Waals surface area contributed by atoms with Gasteiger partial charge in [-0.2, -0.15) is 5.26 Å². The van der Waals surface area contributed by atoms with Gasteiger partial charge in [-0.25, -0.2) is 0 Å². The van der Waals surface area contributed by atoms with E-state index in [2.05, 4.69) is 31.6 Å². The maximum Gasteiger partial charge on any atom is 0.248 e. The lowest BCUT2D eigenvalue weighted by Crippen LogP contribution is -2.33. The van der Waals surface area contributed by atoms with Crippen LogP contribution in [0.1, 0.15) is 36.6 Å². The average molecular weight is 637 g/mol. The number of anilines is 3. The molecule has 5 rings (SSSR count). The van der Waals surface area contributed by atoms with E-state index in [1.54, 1.807) is 31.5 Å². The van der Waals surface area contributed by atoms with Crippen molar-refractivity contribution < 1.29 is 23.7 Å². The second-order valence-corrected chi connectivity index (χ2v) is 11.1. The number of carbonyl (C=O) groups is 1. The molecule has 0 aliphatic carbocycles. The zero-order chi connectivity index (χ0) is 33.0. The van der Waals surface area contributed by atoms with Crippen molar-refractivity contribution in [1.29, 1.82) is 5.26 Å². The van der Waals surface area contributed by atoms with Crippen molar-refractivity contribution >= 4 is 33.9 Å². The maximum atomic E-state index is 13.3. The van der Waals surface area contributed by atoms with Crippen molar-refractivity contribution in [2.24, 2.45) is 0 Å². The van der Waals surface area contributed by atoms with Gasteiger partial charge in [-0.15, -0.1) is 0 Å². The predicted octanol–water partition coefficient (Wildman–Crippen LogP) is 6.11. The minimum atomic E-state index is -0.248. The third-order valence-corrected chi connectivity index (χ3v) is 7.84. The van der Waals surface area contributed by atoms with E-state index in [0.717, 1.165) is 60.7 Å². The second-order valence-electron chi connectivity index (χ2n) is 11.1. The molecule has 11 nitrogen and oxygen atoms in total. The zero-order valence-electron chi connectivity index (χ0n) is 27.0. The number of nitrogens with one attached hydrogen (secondary N) is 2. The summed E-state index contributed by atoms with van der Waals surface area (Å²) in [7, 11) is 1.70. The lowest BCUT2D eigenvalue weighted by atomic mass is 10.0. The van der Waals surface area contributed by atoms with E-state index in [-0.39, 0.29) is 12.7 Å². The molecule has 11 heteroatoms. The number of carbonyl (C=O) groups excluding carboxylic acids is 1. The number of nitrogens with zero attached hydrogens (tertiary/aromatic N) is 4. The fourth-order valence-electron chi connectivity index (χ4n) is 5.30. The molecule has 4 aromatic rings. The minimum absolute atomic E-state index is 0.0126. The predicted molar refractivity (Wildman–Crippen MR) is 181 cm³/mol. The molecule has 0 saturated carbocycles. The van der Waals surface area contributed by atoms with E-state index in [4.69, 9.17) is 18.9 Å². The summed E-state index contributed by atoms with van der Waals surface area (Å²) in [5.74, 6) is 0.902. The van der Waals surface area contributed by atoms with Crippen molar-refractivity contribution in [3.05, 3.63) is 89.4 Å². The van der Waals surface area contributed by atoms with Crippen molar-refractivity contribution in [3.8, 4) is 17.6 Å². The third-order valence-electron chi connectivity index (χ3n) is 7.84. The highest BCUT2D eigenvalue weighted by Crippen LogP contribution is 2.37. The van der Waals surface area contributed by atoms with Crippen LogP contribution >= 0.6 is 0 Å². The van der Waals surface area contributed by atoms with Crippen LogP contribution in [0, 0.1) is 18.3 Å². The molecule has 2 N–H and O–H groups in total. The third kappa shape index (κ3) is 9.04. The molecular weight excluding hydrogens is 596 g/mol. The first kappa shape index (κ1) is 33.3. The van der Waals surface area contributed by atoms with Crippen LogP contribution in [0.25, 0.3) is 10.9 Å². The van der Waals surface area contributed by atoms with Crippen LogP contribution in [0.3, 0.4) is 0 Å². The number of aryl methyl sites for hydroxylation is 1. The molecule has 3 heterocycles. The number of hydrogen-bond acceptors (Lipinski definition) is 10. The number of rotatable bonds is 14. The zero-order valence-corrected chi connectivity index (χ0v) is 27.0. The highest BCUT2D eigenvalue weighted by atomic mass is 16.7. The Morgan fingerprint density at radius 1 is 1.09 bits per heavy atom. The summed E-state index contributed by atoms with van der Waals surface area (Å²) in [5, 5.41) is 17.1.